The Balaban J connectivity index is 1.72. The number of aromatic amines is 1. The number of aliphatic hydroxyl groups excluding tert-OH is 1. The van der Waals surface area contributed by atoms with Gasteiger partial charge in [0.15, 0.2) is 0 Å². The molecule has 1 heterocycles. The Labute approximate surface area is 142 Å². The molecule has 128 valence electrons. The van der Waals surface area contributed by atoms with E-state index in [0.29, 0.717) is 17.3 Å². The molecule has 1 saturated carbocycles. The van der Waals surface area contributed by atoms with Crippen LogP contribution >= 0.6 is 0 Å². The number of hydrogen-bond acceptors (Lipinski definition) is 3. The van der Waals surface area contributed by atoms with Crippen LogP contribution in [0, 0.1) is 11.2 Å². The van der Waals surface area contributed by atoms with Crippen molar-refractivity contribution in [2.75, 3.05) is 6.61 Å². The SMILES string of the molecule is O=c1[nH]c2ccccc2c(=O)n1CC1(CO)CC1c1ccc(F)cc1. The largest absolute Gasteiger partial charge is 0.396 e. The van der Waals surface area contributed by atoms with E-state index in [1.54, 1.807) is 36.4 Å². The van der Waals surface area contributed by atoms with Crippen LogP contribution < -0.4 is 11.2 Å². The molecule has 2 aromatic carbocycles. The first-order chi connectivity index (χ1) is 12.0. The van der Waals surface area contributed by atoms with Gasteiger partial charge in [-0.25, -0.2) is 9.18 Å². The summed E-state index contributed by atoms with van der Waals surface area (Å²) in [6.45, 7) is -0.0156. The topological polar surface area (TPSA) is 75.1 Å². The minimum atomic E-state index is -0.572. The number of aliphatic hydroxyl groups is 1. The second-order valence-corrected chi connectivity index (χ2v) is 6.70. The van der Waals surface area contributed by atoms with Crippen molar-refractivity contribution >= 4 is 10.9 Å². The van der Waals surface area contributed by atoms with Gasteiger partial charge in [0.2, 0.25) is 0 Å². The van der Waals surface area contributed by atoms with E-state index in [2.05, 4.69) is 4.98 Å². The molecule has 0 amide bonds. The van der Waals surface area contributed by atoms with Gasteiger partial charge in [0.1, 0.15) is 5.82 Å². The van der Waals surface area contributed by atoms with Gasteiger partial charge in [-0.3, -0.25) is 9.36 Å². The molecular formula is C19H17FN2O3. The number of aromatic nitrogens is 2. The van der Waals surface area contributed by atoms with Crippen molar-refractivity contribution in [1.29, 1.82) is 0 Å². The Morgan fingerprint density at radius 1 is 1.16 bits per heavy atom. The lowest BCUT2D eigenvalue weighted by molar-refractivity contribution is 0.187. The lowest BCUT2D eigenvalue weighted by Crippen LogP contribution is -2.38. The maximum absolute atomic E-state index is 13.1. The first-order valence-corrected chi connectivity index (χ1v) is 8.12. The van der Waals surface area contributed by atoms with E-state index in [1.807, 2.05) is 0 Å². The van der Waals surface area contributed by atoms with E-state index in [9.17, 15) is 19.1 Å². The van der Waals surface area contributed by atoms with Crippen LogP contribution in [-0.2, 0) is 6.54 Å². The average molecular weight is 340 g/mol. The zero-order valence-corrected chi connectivity index (χ0v) is 13.4. The molecule has 1 aromatic heterocycles. The van der Waals surface area contributed by atoms with Gasteiger partial charge in [0.25, 0.3) is 5.56 Å². The Kier molecular flexibility index (Phi) is 3.58. The van der Waals surface area contributed by atoms with Gasteiger partial charge in [-0.05, 0) is 42.2 Å². The molecule has 4 rings (SSSR count). The minimum Gasteiger partial charge on any atom is -0.396 e. The molecule has 1 aliphatic carbocycles. The predicted octanol–water partition coefficient (Wildman–Crippen LogP) is 2.00. The maximum atomic E-state index is 13.1. The molecule has 3 aromatic rings. The fraction of sp³-hybridized carbons (Fsp3) is 0.263. The average Bonchev–Trinajstić information content (AvgIpc) is 3.34. The molecule has 1 aliphatic rings. The third-order valence-electron chi connectivity index (χ3n) is 5.14. The fourth-order valence-electron chi connectivity index (χ4n) is 3.57. The summed E-state index contributed by atoms with van der Waals surface area (Å²) in [7, 11) is 0. The van der Waals surface area contributed by atoms with Gasteiger partial charge in [-0.1, -0.05) is 24.3 Å². The third-order valence-corrected chi connectivity index (χ3v) is 5.14. The van der Waals surface area contributed by atoms with Crippen molar-refractivity contribution < 1.29 is 9.50 Å². The van der Waals surface area contributed by atoms with E-state index in [0.717, 1.165) is 10.1 Å². The predicted molar refractivity (Wildman–Crippen MR) is 92.1 cm³/mol. The van der Waals surface area contributed by atoms with Gasteiger partial charge in [-0.2, -0.15) is 0 Å². The summed E-state index contributed by atoms with van der Waals surface area (Å²) in [5, 5.41) is 10.3. The highest BCUT2D eigenvalue weighted by Crippen LogP contribution is 2.59. The Bertz CT molecular complexity index is 1050. The van der Waals surface area contributed by atoms with Crippen LogP contribution in [-0.4, -0.2) is 21.3 Å². The highest BCUT2D eigenvalue weighted by Gasteiger charge is 2.54. The van der Waals surface area contributed by atoms with Crippen molar-refractivity contribution in [3.63, 3.8) is 0 Å². The van der Waals surface area contributed by atoms with Crippen LogP contribution in [0.3, 0.4) is 0 Å². The summed E-state index contributed by atoms with van der Waals surface area (Å²) in [5.41, 5.74) is -0.0199. The van der Waals surface area contributed by atoms with E-state index < -0.39 is 11.1 Å². The molecule has 0 aliphatic heterocycles. The third kappa shape index (κ3) is 2.59. The highest BCUT2D eigenvalue weighted by molar-refractivity contribution is 5.76. The smallest absolute Gasteiger partial charge is 0.328 e. The van der Waals surface area contributed by atoms with Crippen LogP contribution in [0.2, 0.25) is 0 Å². The Hall–Kier alpha value is -2.73. The van der Waals surface area contributed by atoms with E-state index >= 15 is 0 Å². The van der Waals surface area contributed by atoms with Crippen molar-refractivity contribution in [1.82, 2.24) is 9.55 Å². The van der Waals surface area contributed by atoms with E-state index in [-0.39, 0.29) is 30.4 Å². The normalized spacial score (nSPS) is 22.2. The van der Waals surface area contributed by atoms with Crippen LogP contribution in [0.5, 0.6) is 0 Å². The van der Waals surface area contributed by atoms with Crippen LogP contribution in [0.15, 0.2) is 58.1 Å². The molecule has 0 spiro atoms. The number of H-pyrrole nitrogens is 1. The zero-order chi connectivity index (χ0) is 17.6. The van der Waals surface area contributed by atoms with Crippen molar-refractivity contribution in [3.05, 3.63) is 80.7 Å². The highest BCUT2D eigenvalue weighted by atomic mass is 19.1. The van der Waals surface area contributed by atoms with Gasteiger partial charge in [-0.15, -0.1) is 0 Å². The number of nitrogens with one attached hydrogen (secondary N) is 1. The molecule has 25 heavy (non-hydrogen) atoms. The van der Waals surface area contributed by atoms with Crippen LogP contribution in [0.25, 0.3) is 10.9 Å². The molecule has 5 nitrogen and oxygen atoms in total. The molecule has 6 heteroatoms. The summed E-state index contributed by atoms with van der Waals surface area (Å²) in [6.07, 6.45) is 0.647. The number of para-hydroxylation sites is 1. The molecule has 1 fully saturated rings. The Morgan fingerprint density at radius 3 is 2.60 bits per heavy atom. The zero-order valence-electron chi connectivity index (χ0n) is 13.4. The van der Waals surface area contributed by atoms with Crippen molar-refractivity contribution in [2.24, 2.45) is 5.41 Å². The summed E-state index contributed by atoms with van der Waals surface area (Å²) in [5.74, 6) is -0.322. The van der Waals surface area contributed by atoms with Crippen molar-refractivity contribution in [2.45, 2.75) is 18.9 Å². The quantitative estimate of drug-likeness (QED) is 0.763. The van der Waals surface area contributed by atoms with E-state index in [4.69, 9.17) is 0 Å². The molecule has 0 radical (unpaired) electrons. The molecule has 2 N–H and O–H groups in total. The summed E-state index contributed by atoms with van der Waals surface area (Å²) in [4.78, 5) is 27.7. The molecular weight excluding hydrogens is 323 g/mol. The lowest BCUT2D eigenvalue weighted by atomic mass is 9.99. The number of benzene rings is 2. The molecule has 0 bridgehead atoms. The molecule has 2 atom stereocenters. The maximum Gasteiger partial charge on any atom is 0.328 e. The lowest BCUT2D eigenvalue weighted by Gasteiger charge is -2.16. The number of halogens is 1. The number of hydrogen-bond donors (Lipinski definition) is 2. The second kappa shape index (κ2) is 5.67. The molecule has 2 unspecified atom stereocenters. The monoisotopic (exact) mass is 340 g/mol. The van der Waals surface area contributed by atoms with Crippen LogP contribution in [0.4, 0.5) is 4.39 Å². The second-order valence-electron chi connectivity index (χ2n) is 6.70. The number of rotatable bonds is 4. The van der Waals surface area contributed by atoms with E-state index in [1.165, 1.54) is 12.1 Å². The number of fused-ring (bicyclic) bond motifs is 1. The summed E-state index contributed by atoms with van der Waals surface area (Å²) >= 11 is 0. The van der Waals surface area contributed by atoms with Gasteiger partial charge < -0.3 is 10.1 Å². The number of nitrogens with zero attached hydrogens (tertiary/aromatic N) is 1. The standard InChI is InChI=1S/C19H17FN2O3/c20-13-7-5-12(6-8-13)15-9-19(15,11-23)10-22-17(24)14-3-1-2-4-16(14)21-18(22)25/h1-8,15,23H,9-11H2,(H,21,25). The van der Waals surface area contributed by atoms with Gasteiger partial charge in [0, 0.05) is 12.0 Å². The summed E-state index contributed by atoms with van der Waals surface area (Å²) < 4.78 is 14.3. The first-order valence-electron chi connectivity index (χ1n) is 8.12. The first kappa shape index (κ1) is 15.8. The molecule has 0 saturated heterocycles. The minimum absolute atomic E-state index is 0.00382. The van der Waals surface area contributed by atoms with Crippen molar-refractivity contribution in [3.8, 4) is 0 Å². The summed E-state index contributed by atoms with van der Waals surface area (Å²) in [6, 6.07) is 13.0. The fourth-order valence-corrected chi connectivity index (χ4v) is 3.57. The van der Waals surface area contributed by atoms with Gasteiger partial charge in [0.05, 0.1) is 17.5 Å². The van der Waals surface area contributed by atoms with Crippen LogP contribution in [0.1, 0.15) is 17.9 Å². The van der Waals surface area contributed by atoms with Gasteiger partial charge >= 0.3 is 5.69 Å². The Morgan fingerprint density at radius 2 is 1.88 bits per heavy atom.